The maximum absolute atomic E-state index is 12.4. The Morgan fingerprint density at radius 1 is 0.839 bits per heavy atom. The molecule has 0 aromatic heterocycles. The molecule has 0 atom stereocenters. The van der Waals surface area contributed by atoms with Gasteiger partial charge < -0.3 is 15.1 Å². The SMILES string of the molecule is O=C(C[NH+]1CC[NH+](C(c2ccccc2)c2ccccc2)CC1)NC(=O)NC1CCCC1. The third-order valence-electron chi connectivity index (χ3n) is 6.63. The van der Waals surface area contributed by atoms with Crippen LogP contribution in [0.1, 0.15) is 42.9 Å². The summed E-state index contributed by atoms with van der Waals surface area (Å²) in [7, 11) is 0. The summed E-state index contributed by atoms with van der Waals surface area (Å²) in [5.41, 5.74) is 2.65. The Morgan fingerprint density at radius 2 is 1.39 bits per heavy atom. The van der Waals surface area contributed by atoms with Gasteiger partial charge in [-0.3, -0.25) is 10.1 Å². The highest BCUT2D eigenvalue weighted by Crippen LogP contribution is 2.19. The largest absolute Gasteiger partial charge is 0.335 e. The molecular weight excluding hydrogens is 388 g/mol. The number of rotatable bonds is 6. The number of urea groups is 1. The van der Waals surface area contributed by atoms with E-state index in [2.05, 4.69) is 71.3 Å². The molecule has 2 aliphatic rings. The predicted octanol–water partition coefficient (Wildman–Crippen LogP) is 0.328. The van der Waals surface area contributed by atoms with Gasteiger partial charge in [0.2, 0.25) is 0 Å². The third kappa shape index (κ3) is 5.93. The first kappa shape index (κ1) is 21.5. The predicted molar refractivity (Wildman–Crippen MR) is 120 cm³/mol. The Bertz CT molecular complexity index is 805. The highest BCUT2D eigenvalue weighted by molar-refractivity contribution is 5.94. The van der Waals surface area contributed by atoms with Crippen molar-refractivity contribution in [2.24, 2.45) is 0 Å². The van der Waals surface area contributed by atoms with Crippen molar-refractivity contribution >= 4 is 11.9 Å². The van der Waals surface area contributed by atoms with Crippen molar-refractivity contribution in [3.05, 3.63) is 71.8 Å². The number of nitrogens with one attached hydrogen (secondary N) is 4. The van der Waals surface area contributed by atoms with Crippen molar-refractivity contribution in [3.63, 3.8) is 0 Å². The van der Waals surface area contributed by atoms with Crippen LogP contribution in [0, 0.1) is 0 Å². The Hall–Kier alpha value is -2.70. The molecule has 31 heavy (non-hydrogen) atoms. The van der Waals surface area contributed by atoms with Gasteiger partial charge in [0.15, 0.2) is 6.54 Å². The lowest BCUT2D eigenvalue weighted by molar-refractivity contribution is -1.02. The van der Waals surface area contributed by atoms with Gasteiger partial charge in [0, 0.05) is 17.2 Å². The Morgan fingerprint density at radius 3 is 1.94 bits per heavy atom. The molecule has 0 bridgehead atoms. The zero-order valence-corrected chi connectivity index (χ0v) is 18.1. The van der Waals surface area contributed by atoms with Crippen molar-refractivity contribution in [1.82, 2.24) is 10.6 Å². The highest BCUT2D eigenvalue weighted by atomic mass is 16.2. The fourth-order valence-electron chi connectivity index (χ4n) is 5.03. The highest BCUT2D eigenvalue weighted by Gasteiger charge is 2.32. The van der Waals surface area contributed by atoms with Crippen LogP contribution in [0.4, 0.5) is 4.79 Å². The molecule has 3 amide bonds. The van der Waals surface area contributed by atoms with Crippen LogP contribution in [-0.4, -0.2) is 50.7 Å². The molecule has 1 aliphatic heterocycles. The number of carbonyl (C=O) groups is 2. The summed E-state index contributed by atoms with van der Waals surface area (Å²) < 4.78 is 0. The van der Waals surface area contributed by atoms with Crippen molar-refractivity contribution in [2.75, 3.05) is 32.7 Å². The Balaban J connectivity index is 1.30. The maximum Gasteiger partial charge on any atom is 0.321 e. The molecule has 2 aromatic rings. The molecule has 2 fully saturated rings. The quantitative estimate of drug-likeness (QED) is 0.542. The minimum atomic E-state index is -0.339. The smallest absolute Gasteiger partial charge is 0.321 e. The molecule has 0 spiro atoms. The number of amides is 3. The summed E-state index contributed by atoms with van der Waals surface area (Å²) in [4.78, 5) is 27.2. The number of carbonyl (C=O) groups excluding carboxylic acids is 2. The van der Waals surface area contributed by atoms with Gasteiger partial charge in [-0.05, 0) is 12.8 Å². The Kier molecular flexibility index (Phi) is 7.33. The molecule has 0 unspecified atom stereocenters. The van der Waals surface area contributed by atoms with E-state index in [1.54, 1.807) is 0 Å². The van der Waals surface area contributed by atoms with E-state index in [0.29, 0.717) is 12.6 Å². The van der Waals surface area contributed by atoms with Gasteiger partial charge in [-0.15, -0.1) is 0 Å². The maximum atomic E-state index is 12.4. The first-order valence-corrected chi connectivity index (χ1v) is 11.6. The van der Waals surface area contributed by atoms with Crippen molar-refractivity contribution in [3.8, 4) is 0 Å². The minimum absolute atomic E-state index is 0.184. The number of hydrogen-bond donors (Lipinski definition) is 4. The lowest BCUT2D eigenvalue weighted by atomic mass is 9.96. The zero-order valence-electron chi connectivity index (χ0n) is 18.1. The molecule has 4 rings (SSSR count). The summed E-state index contributed by atoms with van der Waals surface area (Å²) >= 11 is 0. The minimum Gasteiger partial charge on any atom is -0.335 e. The summed E-state index contributed by atoms with van der Waals surface area (Å²) in [6.45, 7) is 4.18. The number of hydrogen-bond acceptors (Lipinski definition) is 2. The average Bonchev–Trinajstić information content (AvgIpc) is 3.29. The van der Waals surface area contributed by atoms with Crippen LogP contribution in [0.2, 0.25) is 0 Å². The van der Waals surface area contributed by atoms with Gasteiger partial charge >= 0.3 is 6.03 Å². The Labute approximate surface area is 184 Å². The first-order valence-electron chi connectivity index (χ1n) is 11.6. The number of imide groups is 1. The van der Waals surface area contributed by atoms with Crippen LogP contribution in [0.15, 0.2) is 60.7 Å². The fraction of sp³-hybridized carbons (Fsp3) is 0.440. The molecule has 1 heterocycles. The zero-order chi connectivity index (χ0) is 21.5. The topological polar surface area (TPSA) is 67.1 Å². The second kappa shape index (κ2) is 10.6. The van der Waals surface area contributed by atoms with Crippen LogP contribution in [0.25, 0.3) is 0 Å². The molecule has 1 saturated heterocycles. The summed E-state index contributed by atoms with van der Waals surface area (Å²) in [5.74, 6) is -0.184. The van der Waals surface area contributed by atoms with Crippen LogP contribution in [0.3, 0.4) is 0 Å². The normalized spacial score (nSPS) is 21.7. The molecule has 0 radical (unpaired) electrons. The van der Waals surface area contributed by atoms with Crippen molar-refractivity contribution in [2.45, 2.75) is 37.8 Å². The lowest BCUT2D eigenvalue weighted by Crippen LogP contribution is -3.28. The van der Waals surface area contributed by atoms with Gasteiger partial charge in [0.1, 0.15) is 32.2 Å². The molecule has 4 N–H and O–H groups in total. The summed E-state index contributed by atoms with van der Waals surface area (Å²) in [6, 6.07) is 21.6. The van der Waals surface area contributed by atoms with E-state index in [1.807, 2.05) is 0 Å². The molecule has 6 nitrogen and oxygen atoms in total. The number of piperazine rings is 1. The van der Waals surface area contributed by atoms with Crippen LogP contribution >= 0.6 is 0 Å². The number of benzene rings is 2. The van der Waals surface area contributed by atoms with Crippen molar-refractivity contribution in [1.29, 1.82) is 0 Å². The number of quaternary nitrogens is 2. The van der Waals surface area contributed by atoms with Crippen LogP contribution in [-0.2, 0) is 4.79 Å². The molecule has 1 aliphatic carbocycles. The van der Waals surface area contributed by atoms with Crippen LogP contribution in [0.5, 0.6) is 0 Å². The lowest BCUT2D eigenvalue weighted by Gasteiger charge is -2.34. The van der Waals surface area contributed by atoms with Crippen LogP contribution < -0.4 is 20.4 Å². The first-order chi connectivity index (χ1) is 15.2. The van der Waals surface area contributed by atoms with E-state index in [1.165, 1.54) is 20.9 Å². The van der Waals surface area contributed by atoms with Gasteiger partial charge in [-0.2, -0.15) is 0 Å². The standard InChI is InChI=1S/C25H32N4O2/c30-23(27-25(31)26-22-13-7-8-14-22)19-28-15-17-29(18-16-28)24(20-9-3-1-4-10-20)21-11-5-2-6-12-21/h1-6,9-12,22,24H,7-8,13-19H2,(H2,26,27,30,31)/p+2. The molecule has 1 saturated carbocycles. The van der Waals surface area contributed by atoms with E-state index in [-0.39, 0.29) is 18.0 Å². The van der Waals surface area contributed by atoms with E-state index < -0.39 is 0 Å². The van der Waals surface area contributed by atoms with Gasteiger partial charge in [0.05, 0.1) is 0 Å². The van der Waals surface area contributed by atoms with E-state index in [4.69, 9.17) is 0 Å². The van der Waals surface area contributed by atoms with Gasteiger partial charge in [-0.25, -0.2) is 4.79 Å². The average molecular weight is 423 g/mol. The summed E-state index contributed by atoms with van der Waals surface area (Å²) in [6.07, 6.45) is 4.34. The van der Waals surface area contributed by atoms with Crippen molar-refractivity contribution < 1.29 is 19.4 Å². The van der Waals surface area contributed by atoms with Gasteiger partial charge in [-0.1, -0.05) is 73.5 Å². The molecular formula is C25H34N4O2+2. The fourth-order valence-corrected chi connectivity index (χ4v) is 5.03. The summed E-state index contributed by atoms with van der Waals surface area (Å²) in [5, 5.41) is 5.44. The third-order valence-corrected chi connectivity index (χ3v) is 6.63. The second-order valence-electron chi connectivity index (χ2n) is 8.84. The van der Waals surface area contributed by atoms with E-state index >= 15 is 0 Å². The molecule has 2 aromatic carbocycles. The molecule has 6 heteroatoms. The van der Waals surface area contributed by atoms with Gasteiger partial charge in [0.25, 0.3) is 5.91 Å². The second-order valence-corrected chi connectivity index (χ2v) is 8.84. The molecule has 164 valence electrons. The van der Waals surface area contributed by atoms with E-state index in [9.17, 15) is 9.59 Å². The van der Waals surface area contributed by atoms with E-state index in [0.717, 1.165) is 51.9 Å². The monoisotopic (exact) mass is 422 g/mol.